The van der Waals surface area contributed by atoms with E-state index in [2.05, 4.69) is 4.74 Å². The molecule has 2 atom stereocenters. The number of hydrogen-bond acceptors (Lipinski definition) is 3. The molecule has 1 rings (SSSR count). The molecule has 18 heavy (non-hydrogen) atoms. The van der Waals surface area contributed by atoms with Crippen LogP contribution >= 0.6 is 23.2 Å². The van der Waals surface area contributed by atoms with Gasteiger partial charge in [0.15, 0.2) is 0 Å². The predicted octanol–water partition coefficient (Wildman–Crippen LogP) is 3.19. The number of esters is 1. The molecule has 0 radical (unpaired) electrons. The van der Waals surface area contributed by atoms with Crippen molar-refractivity contribution in [2.24, 2.45) is 0 Å². The lowest BCUT2D eigenvalue weighted by Crippen LogP contribution is -2.18. The van der Waals surface area contributed by atoms with Crippen LogP contribution in [-0.4, -0.2) is 22.5 Å². The van der Waals surface area contributed by atoms with Crippen LogP contribution < -0.4 is 0 Å². The van der Waals surface area contributed by atoms with E-state index < -0.39 is 10.8 Å². The van der Waals surface area contributed by atoms with E-state index in [0.717, 1.165) is 5.56 Å². The molecular weight excluding hydrogens is 295 g/mol. The van der Waals surface area contributed by atoms with Gasteiger partial charge in [-0.25, -0.2) is 0 Å². The third kappa shape index (κ3) is 4.59. The van der Waals surface area contributed by atoms with Crippen LogP contribution in [0.1, 0.15) is 18.9 Å². The number of halogens is 2. The molecule has 0 aliphatic heterocycles. The first-order valence-corrected chi connectivity index (χ1v) is 7.45. The first-order chi connectivity index (χ1) is 8.43. The lowest BCUT2D eigenvalue weighted by molar-refractivity contribution is -0.140. The molecule has 0 aliphatic rings. The number of hydrogen-bond donors (Lipinski definition) is 0. The third-order valence-corrected chi connectivity index (χ3v) is 4.69. The van der Waals surface area contributed by atoms with Crippen molar-refractivity contribution in [1.29, 1.82) is 0 Å². The van der Waals surface area contributed by atoms with Gasteiger partial charge in [-0.3, -0.25) is 9.00 Å². The Morgan fingerprint density at radius 2 is 2.11 bits per heavy atom. The monoisotopic (exact) mass is 308 g/mol. The van der Waals surface area contributed by atoms with E-state index in [1.807, 2.05) is 0 Å². The molecular formula is C12H14Cl2O3S. The maximum atomic E-state index is 12.0. The topological polar surface area (TPSA) is 43.4 Å². The Morgan fingerprint density at radius 3 is 2.67 bits per heavy atom. The third-order valence-electron chi connectivity index (χ3n) is 2.44. The van der Waals surface area contributed by atoms with E-state index in [4.69, 9.17) is 23.2 Å². The number of methoxy groups -OCH3 is 1. The van der Waals surface area contributed by atoms with Gasteiger partial charge in [-0.2, -0.15) is 0 Å². The van der Waals surface area contributed by atoms with Crippen LogP contribution in [0.4, 0.5) is 0 Å². The Bertz CT molecular complexity index is 463. The van der Waals surface area contributed by atoms with Crippen LogP contribution in [0.25, 0.3) is 0 Å². The van der Waals surface area contributed by atoms with Gasteiger partial charge in [0.05, 0.1) is 19.3 Å². The minimum absolute atomic E-state index is 0.133. The minimum atomic E-state index is -1.18. The fourth-order valence-electron chi connectivity index (χ4n) is 1.35. The van der Waals surface area contributed by atoms with Crippen molar-refractivity contribution < 1.29 is 13.7 Å². The zero-order valence-corrected chi connectivity index (χ0v) is 12.4. The van der Waals surface area contributed by atoms with Crippen LogP contribution in [-0.2, 0) is 26.1 Å². The lowest BCUT2D eigenvalue weighted by atomic mass is 10.2. The highest BCUT2D eigenvalue weighted by atomic mass is 35.5. The summed E-state index contributed by atoms with van der Waals surface area (Å²) in [4.78, 5) is 11.1. The summed E-state index contributed by atoms with van der Waals surface area (Å²) in [6, 6.07) is 5.05. The molecule has 0 bridgehead atoms. The molecule has 0 saturated heterocycles. The fourth-order valence-corrected chi connectivity index (χ4v) is 3.06. The summed E-state index contributed by atoms with van der Waals surface area (Å²) in [6.45, 7) is 1.75. The summed E-state index contributed by atoms with van der Waals surface area (Å²) >= 11 is 11.8. The second-order valence-corrected chi connectivity index (χ2v) is 6.55. The molecule has 0 aromatic heterocycles. The zero-order chi connectivity index (χ0) is 13.7. The molecule has 0 N–H and O–H groups in total. The Balaban J connectivity index is 2.66. The maximum absolute atomic E-state index is 12.0. The lowest BCUT2D eigenvalue weighted by Gasteiger charge is -2.11. The molecule has 0 spiro atoms. The van der Waals surface area contributed by atoms with Crippen molar-refractivity contribution >= 4 is 40.0 Å². The number of rotatable bonds is 5. The highest BCUT2D eigenvalue weighted by Gasteiger charge is 2.17. The van der Waals surface area contributed by atoms with E-state index >= 15 is 0 Å². The van der Waals surface area contributed by atoms with E-state index in [9.17, 15) is 9.00 Å². The van der Waals surface area contributed by atoms with Crippen LogP contribution in [0.3, 0.4) is 0 Å². The van der Waals surface area contributed by atoms with Crippen LogP contribution in [0.15, 0.2) is 18.2 Å². The molecule has 1 aromatic carbocycles. The minimum Gasteiger partial charge on any atom is -0.469 e. The fraction of sp³-hybridized carbons (Fsp3) is 0.417. The number of benzene rings is 1. The molecule has 0 amide bonds. The first-order valence-electron chi connectivity index (χ1n) is 5.32. The molecule has 0 aliphatic carbocycles. The van der Waals surface area contributed by atoms with Gasteiger partial charge in [-0.15, -0.1) is 0 Å². The quantitative estimate of drug-likeness (QED) is 0.785. The second-order valence-electron chi connectivity index (χ2n) is 3.85. The molecule has 100 valence electrons. The highest BCUT2D eigenvalue weighted by molar-refractivity contribution is 7.84. The van der Waals surface area contributed by atoms with Crippen molar-refractivity contribution in [3.63, 3.8) is 0 Å². The number of ether oxygens (including phenoxy) is 1. The number of carbonyl (C=O) groups excluding carboxylic acids is 1. The van der Waals surface area contributed by atoms with E-state index in [1.165, 1.54) is 7.11 Å². The summed E-state index contributed by atoms with van der Waals surface area (Å²) in [5.41, 5.74) is 0.760. The SMILES string of the molecule is COC(=O)CC(C)S(=O)Cc1ccc(Cl)cc1Cl. The smallest absolute Gasteiger partial charge is 0.306 e. The van der Waals surface area contributed by atoms with Gasteiger partial charge >= 0.3 is 5.97 Å². The van der Waals surface area contributed by atoms with E-state index in [0.29, 0.717) is 15.8 Å². The van der Waals surface area contributed by atoms with Gasteiger partial charge in [-0.05, 0) is 17.7 Å². The zero-order valence-electron chi connectivity index (χ0n) is 10.1. The van der Waals surface area contributed by atoms with Crippen LogP contribution in [0.2, 0.25) is 10.0 Å². The van der Waals surface area contributed by atoms with Gasteiger partial charge < -0.3 is 4.74 Å². The Morgan fingerprint density at radius 1 is 1.44 bits per heavy atom. The molecule has 0 saturated carbocycles. The maximum Gasteiger partial charge on any atom is 0.306 e. The van der Waals surface area contributed by atoms with Gasteiger partial charge in [0.1, 0.15) is 0 Å². The van der Waals surface area contributed by atoms with Gasteiger partial charge in [0, 0.05) is 26.1 Å². The van der Waals surface area contributed by atoms with Crippen molar-refractivity contribution in [3.05, 3.63) is 33.8 Å². The van der Waals surface area contributed by atoms with Crippen molar-refractivity contribution in [1.82, 2.24) is 0 Å². The molecule has 2 unspecified atom stereocenters. The Labute approximate surface area is 119 Å². The normalized spacial score (nSPS) is 14.0. The summed E-state index contributed by atoms with van der Waals surface area (Å²) in [7, 11) is 0.130. The second kappa shape index (κ2) is 7.12. The standard InChI is InChI=1S/C12H14Cl2O3S/c1-8(5-12(15)17-2)18(16)7-9-3-4-10(13)6-11(9)14/h3-4,6,8H,5,7H2,1-2H3. The summed E-state index contributed by atoms with van der Waals surface area (Å²) < 4.78 is 16.6. The summed E-state index contributed by atoms with van der Waals surface area (Å²) in [6.07, 6.45) is 0.133. The van der Waals surface area contributed by atoms with Crippen LogP contribution in [0, 0.1) is 0 Å². The first kappa shape index (κ1) is 15.5. The average molecular weight is 309 g/mol. The molecule has 0 fully saturated rings. The molecule has 0 heterocycles. The largest absolute Gasteiger partial charge is 0.469 e. The molecule has 6 heteroatoms. The van der Waals surface area contributed by atoms with Crippen molar-refractivity contribution in [3.8, 4) is 0 Å². The molecule has 3 nitrogen and oxygen atoms in total. The van der Waals surface area contributed by atoms with Gasteiger partial charge in [-0.1, -0.05) is 36.2 Å². The Hall–Kier alpha value is -0.580. The van der Waals surface area contributed by atoms with E-state index in [-0.39, 0.29) is 17.6 Å². The van der Waals surface area contributed by atoms with Gasteiger partial charge in [0.25, 0.3) is 0 Å². The van der Waals surface area contributed by atoms with Gasteiger partial charge in [0.2, 0.25) is 0 Å². The highest BCUT2D eigenvalue weighted by Crippen LogP contribution is 2.23. The molecule has 1 aromatic rings. The predicted molar refractivity (Wildman–Crippen MR) is 74.4 cm³/mol. The Kier molecular flexibility index (Phi) is 6.12. The summed E-state index contributed by atoms with van der Waals surface area (Å²) in [5.74, 6) is -0.0631. The van der Waals surface area contributed by atoms with Crippen molar-refractivity contribution in [2.45, 2.75) is 24.3 Å². The van der Waals surface area contributed by atoms with Crippen molar-refractivity contribution in [2.75, 3.05) is 7.11 Å². The summed E-state index contributed by atoms with van der Waals surface area (Å²) in [5, 5.41) is 0.752. The average Bonchev–Trinajstić information content (AvgIpc) is 2.32. The number of carbonyl (C=O) groups is 1. The van der Waals surface area contributed by atoms with E-state index in [1.54, 1.807) is 25.1 Å². The van der Waals surface area contributed by atoms with Crippen LogP contribution in [0.5, 0.6) is 0 Å².